The third-order valence-electron chi connectivity index (χ3n) is 3.95. The molecular formula is C20H17ClF3N3O2. The Bertz CT molecular complexity index is 1030. The van der Waals surface area contributed by atoms with Gasteiger partial charge in [0.2, 0.25) is 5.88 Å². The molecule has 5 nitrogen and oxygen atoms in total. The maximum Gasteiger partial charge on any atom is 0.258 e. The number of anilines is 2. The Morgan fingerprint density at radius 1 is 1.00 bits per heavy atom. The number of nitrogens with zero attached hydrogens (tertiary/aromatic N) is 1. The molecule has 152 valence electrons. The van der Waals surface area contributed by atoms with Gasteiger partial charge in [-0.15, -0.1) is 12.4 Å². The lowest BCUT2D eigenvalue weighted by Crippen LogP contribution is -2.15. The quantitative estimate of drug-likeness (QED) is 0.545. The van der Waals surface area contributed by atoms with Crippen LogP contribution in [0, 0.1) is 24.4 Å². The van der Waals surface area contributed by atoms with Crippen LogP contribution >= 0.6 is 12.4 Å². The van der Waals surface area contributed by atoms with E-state index in [1.54, 1.807) is 6.07 Å². The molecule has 3 aromatic rings. The average Bonchev–Trinajstić information content (AvgIpc) is 2.69. The second kappa shape index (κ2) is 9.29. The molecule has 1 heterocycles. The Morgan fingerprint density at radius 3 is 2.34 bits per heavy atom. The van der Waals surface area contributed by atoms with Gasteiger partial charge in [-0.1, -0.05) is 0 Å². The van der Waals surface area contributed by atoms with E-state index in [1.165, 1.54) is 18.3 Å². The van der Waals surface area contributed by atoms with Gasteiger partial charge >= 0.3 is 0 Å². The molecule has 0 aliphatic rings. The molecule has 0 fully saturated rings. The third-order valence-corrected chi connectivity index (χ3v) is 3.95. The van der Waals surface area contributed by atoms with Crippen LogP contribution in [0.15, 0.2) is 48.7 Å². The molecule has 3 rings (SSSR count). The van der Waals surface area contributed by atoms with Crippen molar-refractivity contribution in [2.75, 3.05) is 17.7 Å². The topological polar surface area (TPSA) is 63.2 Å². The van der Waals surface area contributed by atoms with E-state index in [-0.39, 0.29) is 24.0 Å². The Morgan fingerprint density at radius 2 is 1.72 bits per heavy atom. The summed E-state index contributed by atoms with van der Waals surface area (Å²) < 4.78 is 45.6. The van der Waals surface area contributed by atoms with E-state index < -0.39 is 28.9 Å². The van der Waals surface area contributed by atoms with Crippen molar-refractivity contribution in [2.45, 2.75) is 6.92 Å². The van der Waals surface area contributed by atoms with E-state index in [1.807, 2.05) is 26.1 Å². The molecule has 0 saturated heterocycles. The summed E-state index contributed by atoms with van der Waals surface area (Å²) in [4.78, 5) is 16.2. The van der Waals surface area contributed by atoms with Crippen LogP contribution in [0.4, 0.5) is 24.5 Å². The first-order chi connectivity index (χ1) is 13.4. The van der Waals surface area contributed by atoms with Gasteiger partial charge in [0, 0.05) is 18.8 Å². The number of pyridine rings is 1. The molecule has 0 spiro atoms. The second-order valence-electron chi connectivity index (χ2n) is 5.89. The fraction of sp³-hybridized carbons (Fsp3) is 0.100. The van der Waals surface area contributed by atoms with Crippen molar-refractivity contribution in [3.8, 4) is 11.6 Å². The van der Waals surface area contributed by atoms with Crippen LogP contribution in [0.5, 0.6) is 11.6 Å². The summed E-state index contributed by atoms with van der Waals surface area (Å²) in [6.07, 6.45) is 1.31. The average molecular weight is 424 g/mol. The number of rotatable bonds is 5. The Balaban J connectivity index is 0.00000300. The van der Waals surface area contributed by atoms with Gasteiger partial charge in [0.1, 0.15) is 5.75 Å². The lowest BCUT2D eigenvalue weighted by atomic mass is 10.2. The van der Waals surface area contributed by atoms with Crippen LogP contribution < -0.4 is 15.4 Å². The Labute approximate surface area is 171 Å². The number of ether oxygens (including phenoxy) is 1. The number of benzene rings is 2. The molecule has 0 saturated carbocycles. The summed E-state index contributed by atoms with van der Waals surface area (Å²) in [6.45, 7) is 1.89. The summed E-state index contributed by atoms with van der Waals surface area (Å²) >= 11 is 0. The fourth-order valence-electron chi connectivity index (χ4n) is 2.45. The van der Waals surface area contributed by atoms with E-state index in [9.17, 15) is 18.0 Å². The first kappa shape index (κ1) is 22.0. The molecule has 0 radical (unpaired) electrons. The number of amides is 1. The molecule has 2 N–H and O–H groups in total. The molecule has 1 aromatic heterocycles. The SMILES string of the molecule is CNc1ccc(Oc2ccc(NC(=O)c3ccc(F)c(F)c3F)cn2)c(C)c1.Cl. The van der Waals surface area contributed by atoms with Gasteiger partial charge in [-0.25, -0.2) is 18.2 Å². The van der Waals surface area contributed by atoms with E-state index in [0.717, 1.165) is 17.3 Å². The van der Waals surface area contributed by atoms with Crippen LogP contribution in [0.3, 0.4) is 0 Å². The maximum atomic E-state index is 13.7. The molecule has 1 amide bonds. The monoisotopic (exact) mass is 423 g/mol. The third kappa shape index (κ3) is 4.97. The lowest BCUT2D eigenvalue weighted by Gasteiger charge is -2.10. The number of aromatic nitrogens is 1. The molecule has 29 heavy (non-hydrogen) atoms. The highest BCUT2D eigenvalue weighted by molar-refractivity contribution is 6.04. The van der Waals surface area contributed by atoms with Crippen LogP contribution in [0.1, 0.15) is 15.9 Å². The van der Waals surface area contributed by atoms with E-state index in [2.05, 4.69) is 15.6 Å². The van der Waals surface area contributed by atoms with Crippen molar-refractivity contribution in [2.24, 2.45) is 0 Å². The molecule has 9 heteroatoms. The fourth-order valence-corrected chi connectivity index (χ4v) is 2.45. The molecule has 0 aliphatic heterocycles. The van der Waals surface area contributed by atoms with Gasteiger partial charge in [-0.2, -0.15) is 0 Å². The number of hydrogen-bond acceptors (Lipinski definition) is 4. The van der Waals surface area contributed by atoms with Gasteiger partial charge in [-0.05, 0) is 48.9 Å². The van der Waals surface area contributed by atoms with Gasteiger partial charge in [0.05, 0.1) is 17.4 Å². The van der Waals surface area contributed by atoms with Crippen LogP contribution in [-0.4, -0.2) is 17.9 Å². The minimum Gasteiger partial charge on any atom is -0.439 e. The number of halogens is 4. The zero-order valence-electron chi connectivity index (χ0n) is 15.4. The first-order valence-corrected chi connectivity index (χ1v) is 8.26. The zero-order chi connectivity index (χ0) is 20.3. The molecule has 0 bridgehead atoms. The van der Waals surface area contributed by atoms with Gasteiger partial charge in [0.25, 0.3) is 5.91 Å². The molecular weight excluding hydrogens is 407 g/mol. The Kier molecular flexibility index (Phi) is 7.06. The number of aryl methyl sites for hydroxylation is 1. The molecule has 2 aromatic carbocycles. The number of carbonyl (C=O) groups excluding carboxylic acids is 1. The van der Waals surface area contributed by atoms with Crippen molar-refractivity contribution in [1.82, 2.24) is 4.98 Å². The van der Waals surface area contributed by atoms with Crippen molar-refractivity contribution in [3.63, 3.8) is 0 Å². The van der Waals surface area contributed by atoms with E-state index in [0.29, 0.717) is 11.8 Å². The summed E-state index contributed by atoms with van der Waals surface area (Å²) in [5, 5.41) is 5.40. The van der Waals surface area contributed by atoms with Crippen molar-refractivity contribution < 1.29 is 22.7 Å². The first-order valence-electron chi connectivity index (χ1n) is 8.26. The number of nitrogens with one attached hydrogen (secondary N) is 2. The summed E-state index contributed by atoms with van der Waals surface area (Å²) in [5.74, 6) is -4.63. The summed E-state index contributed by atoms with van der Waals surface area (Å²) in [7, 11) is 1.82. The standard InChI is InChI=1S/C20H16F3N3O2.ClH/c1-11-9-12(24-2)3-7-16(11)28-17-8-4-13(10-25-17)26-20(27)14-5-6-15(21)19(23)18(14)22;/h3-10,24H,1-2H3,(H,26,27);1H. The lowest BCUT2D eigenvalue weighted by molar-refractivity contribution is 0.102. The number of carbonyl (C=O) groups is 1. The van der Waals surface area contributed by atoms with Gasteiger partial charge in [-0.3, -0.25) is 4.79 Å². The van der Waals surface area contributed by atoms with E-state index >= 15 is 0 Å². The second-order valence-corrected chi connectivity index (χ2v) is 5.89. The summed E-state index contributed by atoms with van der Waals surface area (Å²) in [6, 6.07) is 10.1. The normalized spacial score (nSPS) is 10.1. The molecule has 0 atom stereocenters. The van der Waals surface area contributed by atoms with Crippen molar-refractivity contribution in [1.29, 1.82) is 0 Å². The van der Waals surface area contributed by atoms with Crippen molar-refractivity contribution in [3.05, 3.63) is 77.2 Å². The zero-order valence-corrected chi connectivity index (χ0v) is 16.2. The largest absolute Gasteiger partial charge is 0.439 e. The van der Waals surface area contributed by atoms with E-state index in [4.69, 9.17) is 4.74 Å². The highest BCUT2D eigenvalue weighted by Crippen LogP contribution is 2.26. The minimum atomic E-state index is -1.70. The number of hydrogen-bond donors (Lipinski definition) is 2. The molecule has 0 aliphatic carbocycles. The summed E-state index contributed by atoms with van der Waals surface area (Å²) in [5.41, 5.74) is 1.48. The van der Waals surface area contributed by atoms with Crippen LogP contribution in [0.25, 0.3) is 0 Å². The highest BCUT2D eigenvalue weighted by atomic mass is 35.5. The van der Waals surface area contributed by atoms with Crippen molar-refractivity contribution >= 4 is 29.7 Å². The maximum absolute atomic E-state index is 13.7. The smallest absolute Gasteiger partial charge is 0.258 e. The van der Waals surface area contributed by atoms with Crippen LogP contribution in [-0.2, 0) is 0 Å². The predicted octanol–water partition coefficient (Wildman–Crippen LogP) is 5.32. The van der Waals surface area contributed by atoms with Gasteiger partial charge < -0.3 is 15.4 Å². The minimum absolute atomic E-state index is 0. The van der Waals surface area contributed by atoms with Gasteiger partial charge in [0.15, 0.2) is 17.5 Å². The molecule has 0 unspecified atom stereocenters. The van der Waals surface area contributed by atoms with Crippen LogP contribution in [0.2, 0.25) is 0 Å². The predicted molar refractivity (Wildman–Crippen MR) is 107 cm³/mol. The Hall–Kier alpha value is -3.26. The highest BCUT2D eigenvalue weighted by Gasteiger charge is 2.19.